The summed E-state index contributed by atoms with van der Waals surface area (Å²) in [6.45, 7) is 9.55. The number of rotatable bonds is 6. The summed E-state index contributed by atoms with van der Waals surface area (Å²) in [4.78, 5) is 7.48. The Kier molecular flexibility index (Phi) is 4.96. The van der Waals surface area contributed by atoms with E-state index in [1.807, 2.05) is 0 Å². The molecule has 3 nitrogen and oxygen atoms in total. The van der Waals surface area contributed by atoms with E-state index < -0.39 is 0 Å². The second-order valence-electron chi connectivity index (χ2n) is 5.67. The van der Waals surface area contributed by atoms with E-state index in [0.29, 0.717) is 12.0 Å². The van der Waals surface area contributed by atoms with Crippen molar-refractivity contribution in [3.8, 4) is 0 Å². The van der Waals surface area contributed by atoms with Gasteiger partial charge in [0.2, 0.25) is 0 Å². The Morgan fingerprint density at radius 3 is 2.40 bits per heavy atom. The molecule has 2 N–H and O–H groups in total. The summed E-state index contributed by atoms with van der Waals surface area (Å²) in [5.74, 6) is 0.543. The molecule has 3 heteroatoms. The molecule has 0 saturated carbocycles. The predicted octanol–water partition coefficient (Wildman–Crippen LogP) is 3.77. The first-order chi connectivity index (χ1) is 9.61. The van der Waals surface area contributed by atoms with Crippen molar-refractivity contribution < 1.29 is 0 Å². The molecule has 0 aliphatic carbocycles. The highest BCUT2D eigenvalue weighted by atomic mass is 15.0. The van der Waals surface area contributed by atoms with E-state index in [-0.39, 0.29) is 0 Å². The van der Waals surface area contributed by atoms with Gasteiger partial charge in [-0.1, -0.05) is 45.0 Å². The molecule has 20 heavy (non-hydrogen) atoms. The van der Waals surface area contributed by atoms with Gasteiger partial charge in [-0.15, -0.1) is 0 Å². The molecule has 0 aliphatic heterocycles. The summed E-state index contributed by atoms with van der Waals surface area (Å²) in [6, 6.07) is 9.30. The number of hydrogen-bond donors (Lipinski definition) is 2. The van der Waals surface area contributed by atoms with E-state index in [4.69, 9.17) is 0 Å². The second-order valence-corrected chi connectivity index (χ2v) is 5.67. The Bertz CT molecular complexity index is 525. The summed E-state index contributed by atoms with van der Waals surface area (Å²) < 4.78 is 0. The lowest BCUT2D eigenvalue weighted by molar-refractivity contribution is 0.408. The fourth-order valence-corrected chi connectivity index (χ4v) is 2.47. The van der Waals surface area contributed by atoms with Gasteiger partial charge in [-0.05, 0) is 30.4 Å². The number of nitrogens with zero attached hydrogens (tertiary/aromatic N) is 1. The van der Waals surface area contributed by atoms with Crippen LogP contribution in [0.15, 0.2) is 30.6 Å². The average Bonchev–Trinajstić information content (AvgIpc) is 2.85. The van der Waals surface area contributed by atoms with Crippen LogP contribution in [0.3, 0.4) is 0 Å². The fourth-order valence-electron chi connectivity index (χ4n) is 2.47. The van der Waals surface area contributed by atoms with Gasteiger partial charge in [-0.25, -0.2) is 4.98 Å². The van der Waals surface area contributed by atoms with E-state index in [2.05, 4.69) is 67.2 Å². The Morgan fingerprint density at radius 1 is 1.20 bits per heavy atom. The van der Waals surface area contributed by atoms with Gasteiger partial charge in [0.15, 0.2) is 0 Å². The van der Waals surface area contributed by atoms with Crippen LogP contribution in [0.4, 0.5) is 0 Å². The second kappa shape index (κ2) is 6.71. The first-order valence-corrected chi connectivity index (χ1v) is 7.42. The van der Waals surface area contributed by atoms with Gasteiger partial charge in [-0.3, -0.25) is 0 Å². The largest absolute Gasteiger partial charge is 0.348 e. The van der Waals surface area contributed by atoms with Crippen molar-refractivity contribution in [1.29, 1.82) is 0 Å². The number of H-pyrrole nitrogens is 1. The summed E-state index contributed by atoms with van der Waals surface area (Å²) >= 11 is 0. The lowest BCUT2D eigenvalue weighted by Crippen LogP contribution is -2.25. The molecule has 1 heterocycles. The van der Waals surface area contributed by atoms with Crippen LogP contribution in [0.5, 0.6) is 0 Å². The molecule has 1 unspecified atom stereocenters. The molecule has 0 bridgehead atoms. The van der Waals surface area contributed by atoms with Gasteiger partial charge in [0.05, 0.1) is 12.0 Å². The lowest BCUT2D eigenvalue weighted by Gasteiger charge is -2.23. The smallest absolute Gasteiger partial charge is 0.0925 e. The summed E-state index contributed by atoms with van der Waals surface area (Å²) in [6.07, 6.45) is 2.85. The lowest BCUT2D eigenvalue weighted by atomic mass is 9.95. The Morgan fingerprint density at radius 2 is 1.90 bits per heavy atom. The molecule has 0 amide bonds. The molecule has 0 aliphatic rings. The predicted molar refractivity (Wildman–Crippen MR) is 83.6 cm³/mol. The standard InChI is InChI=1S/C17H25N3/c1-5-14-6-8-15(9-7-14)17(12(2)3)18-10-16-13(4)19-11-20-16/h6-9,11-12,17-18H,5,10H2,1-4H3,(H,19,20). The van der Waals surface area contributed by atoms with E-state index in [1.54, 1.807) is 6.33 Å². The highest BCUT2D eigenvalue weighted by molar-refractivity contribution is 5.25. The Balaban J connectivity index is 2.08. The van der Waals surface area contributed by atoms with Gasteiger partial charge >= 0.3 is 0 Å². The molecule has 0 radical (unpaired) electrons. The quantitative estimate of drug-likeness (QED) is 0.839. The zero-order valence-electron chi connectivity index (χ0n) is 12.9. The van der Waals surface area contributed by atoms with Crippen LogP contribution in [0.25, 0.3) is 0 Å². The normalized spacial score (nSPS) is 12.8. The minimum atomic E-state index is 0.358. The number of aromatic amines is 1. The Labute approximate surface area is 121 Å². The molecule has 0 fully saturated rings. The van der Waals surface area contributed by atoms with Gasteiger partial charge in [0, 0.05) is 18.3 Å². The summed E-state index contributed by atoms with van der Waals surface area (Å²) in [7, 11) is 0. The first-order valence-electron chi connectivity index (χ1n) is 7.42. The molecular weight excluding hydrogens is 246 g/mol. The highest BCUT2D eigenvalue weighted by Gasteiger charge is 2.16. The van der Waals surface area contributed by atoms with Crippen LogP contribution < -0.4 is 5.32 Å². The maximum atomic E-state index is 4.35. The van der Waals surface area contributed by atoms with Crippen LogP contribution >= 0.6 is 0 Å². The van der Waals surface area contributed by atoms with Crippen molar-refractivity contribution in [2.75, 3.05) is 0 Å². The zero-order chi connectivity index (χ0) is 14.5. The topological polar surface area (TPSA) is 40.7 Å². The van der Waals surface area contributed by atoms with Crippen molar-refractivity contribution >= 4 is 0 Å². The maximum Gasteiger partial charge on any atom is 0.0925 e. The van der Waals surface area contributed by atoms with E-state index in [0.717, 1.165) is 24.4 Å². The van der Waals surface area contributed by atoms with Crippen LogP contribution in [0.2, 0.25) is 0 Å². The van der Waals surface area contributed by atoms with Gasteiger partial charge < -0.3 is 10.3 Å². The molecule has 2 rings (SSSR count). The molecule has 2 aromatic rings. The van der Waals surface area contributed by atoms with Crippen LogP contribution in [0.1, 0.15) is 49.3 Å². The third kappa shape index (κ3) is 3.48. The van der Waals surface area contributed by atoms with Crippen molar-refractivity contribution in [2.24, 2.45) is 5.92 Å². The molecule has 1 aromatic heterocycles. The first kappa shape index (κ1) is 14.8. The van der Waals surface area contributed by atoms with Gasteiger partial charge in [-0.2, -0.15) is 0 Å². The monoisotopic (exact) mass is 271 g/mol. The fraction of sp³-hybridized carbons (Fsp3) is 0.471. The van der Waals surface area contributed by atoms with Crippen molar-refractivity contribution in [2.45, 2.75) is 46.7 Å². The summed E-state index contributed by atoms with van der Waals surface area (Å²) in [5.41, 5.74) is 4.98. The van der Waals surface area contributed by atoms with Crippen molar-refractivity contribution in [3.63, 3.8) is 0 Å². The molecule has 0 saturated heterocycles. The van der Waals surface area contributed by atoms with E-state index >= 15 is 0 Å². The SMILES string of the molecule is CCc1ccc(C(NCc2nc[nH]c2C)C(C)C)cc1. The van der Waals surface area contributed by atoms with E-state index in [1.165, 1.54) is 11.1 Å². The van der Waals surface area contributed by atoms with Crippen molar-refractivity contribution in [1.82, 2.24) is 15.3 Å². The molecule has 1 atom stereocenters. The van der Waals surface area contributed by atoms with Crippen molar-refractivity contribution in [3.05, 3.63) is 53.1 Å². The van der Waals surface area contributed by atoms with E-state index in [9.17, 15) is 0 Å². The minimum absolute atomic E-state index is 0.358. The number of nitrogens with one attached hydrogen (secondary N) is 2. The Hall–Kier alpha value is -1.61. The molecule has 108 valence electrons. The number of hydrogen-bond acceptors (Lipinski definition) is 2. The number of benzene rings is 1. The number of aryl methyl sites for hydroxylation is 2. The third-order valence-electron chi connectivity index (χ3n) is 3.84. The van der Waals surface area contributed by atoms with Crippen LogP contribution in [0, 0.1) is 12.8 Å². The average molecular weight is 271 g/mol. The van der Waals surface area contributed by atoms with Crippen LogP contribution in [-0.4, -0.2) is 9.97 Å². The molecular formula is C17H25N3. The van der Waals surface area contributed by atoms with Crippen LogP contribution in [-0.2, 0) is 13.0 Å². The molecule has 0 spiro atoms. The highest BCUT2D eigenvalue weighted by Crippen LogP contribution is 2.22. The third-order valence-corrected chi connectivity index (χ3v) is 3.84. The van der Waals surface area contributed by atoms with Gasteiger partial charge in [0.1, 0.15) is 0 Å². The molecule has 1 aromatic carbocycles. The number of imidazole rings is 1. The maximum absolute atomic E-state index is 4.35. The van der Waals surface area contributed by atoms with Gasteiger partial charge in [0.25, 0.3) is 0 Å². The number of aromatic nitrogens is 2. The summed E-state index contributed by atoms with van der Waals surface area (Å²) in [5, 5.41) is 3.63. The minimum Gasteiger partial charge on any atom is -0.348 e. The zero-order valence-corrected chi connectivity index (χ0v) is 12.9.